The maximum atomic E-state index is 12.6. The topological polar surface area (TPSA) is 49.9 Å². The van der Waals surface area contributed by atoms with Gasteiger partial charge in [0.1, 0.15) is 5.75 Å². The predicted octanol–water partition coefficient (Wildman–Crippen LogP) is 3.90. The van der Waals surface area contributed by atoms with Gasteiger partial charge >= 0.3 is 0 Å². The highest BCUT2D eigenvalue weighted by molar-refractivity contribution is 7.88. The summed E-state index contributed by atoms with van der Waals surface area (Å²) in [5.41, 5.74) is 2.16. The van der Waals surface area contributed by atoms with Crippen molar-refractivity contribution in [2.75, 3.05) is 26.7 Å². The molecule has 2 aromatic carbocycles. The fourth-order valence-electron chi connectivity index (χ4n) is 4.36. The molecule has 0 bridgehead atoms. The smallest absolute Gasteiger partial charge is 0.218 e. The Morgan fingerprint density at radius 1 is 0.967 bits per heavy atom. The van der Waals surface area contributed by atoms with Gasteiger partial charge in [0.15, 0.2) is 0 Å². The van der Waals surface area contributed by atoms with E-state index in [2.05, 4.69) is 29.2 Å². The van der Waals surface area contributed by atoms with E-state index in [-0.39, 0.29) is 11.9 Å². The number of hydrogen-bond acceptors (Lipinski definition) is 4. The lowest BCUT2D eigenvalue weighted by molar-refractivity contribution is 0.0575. The molecule has 1 heterocycles. The Balaban J connectivity index is 1.20. The molecule has 0 unspecified atom stereocenters. The maximum Gasteiger partial charge on any atom is 0.218 e. The van der Waals surface area contributed by atoms with Crippen molar-refractivity contribution in [3.05, 3.63) is 65.7 Å². The molecular weight excluding hydrogens is 396 g/mol. The summed E-state index contributed by atoms with van der Waals surface area (Å²) >= 11 is 0. The van der Waals surface area contributed by atoms with Gasteiger partial charge in [-0.2, -0.15) is 0 Å². The number of nitrogens with zero attached hydrogens (tertiary/aromatic N) is 2. The monoisotopic (exact) mass is 428 g/mol. The number of hydrogen-bond donors (Lipinski definition) is 0. The van der Waals surface area contributed by atoms with Crippen LogP contribution in [0.1, 0.15) is 36.8 Å². The average Bonchev–Trinajstić information content (AvgIpc) is 3.21. The Hall–Kier alpha value is -1.89. The molecule has 2 aromatic rings. The largest absolute Gasteiger partial charge is 0.490 e. The second-order valence-electron chi connectivity index (χ2n) is 8.73. The lowest BCUT2D eigenvalue weighted by Crippen LogP contribution is -2.42. The third kappa shape index (κ3) is 5.62. The molecule has 0 radical (unpaired) electrons. The van der Waals surface area contributed by atoms with Crippen LogP contribution in [0.5, 0.6) is 5.75 Å². The fraction of sp³-hybridized carbons (Fsp3) is 0.500. The zero-order valence-electron chi connectivity index (χ0n) is 17.7. The normalized spacial score (nSPS) is 22.2. The van der Waals surface area contributed by atoms with Gasteiger partial charge in [0, 0.05) is 20.1 Å². The van der Waals surface area contributed by atoms with Crippen LogP contribution >= 0.6 is 0 Å². The van der Waals surface area contributed by atoms with Crippen LogP contribution in [0.4, 0.5) is 0 Å². The Morgan fingerprint density at radius 3 is 2.30 bits per heavy atom. The molecule has 162 valence electrons. The minimum absolute atomic E-state index is 0.0563. The Morgan fingerprint density at radius 2 is 1.63 bits per heavy atom. The summed E-state index contributed by atoms with van der Waals surface area (Å²) in [6, 6.07) is 17.8. The predicted molar refractivity (Wildman–Crippen MR) is 120 cm³/mol. The summed E-state index contributed by atoms with van der Waals surface area (Å²) in [6.07, 6.45) is 4.62. The van der Waals surface area contributed by atoms with Crippen LogP contribution in [0.25, 0.3) is 0 Å². The molecule has 0 atom stereocenters. The van der Waals surface area contributed by atoms with Crippen LogP contribution in [0, 0.1) is 5.92 Å². The average molecular weight is 429 g/mol. The van der Waals surface area contributed by atoms with Gasteiger partial charge in [-0.25, -0.2) is 12.7 Å². The van der Waals surface area contributed by atoms with Gasteiger partial charge in [0.2, 0.25) is 10.0 Å². The molecule has 30 heavy (non-hydrogen) atoms. The van der Waals surface area contributed by atoms with Gasteiger partial charge in [-0.15, -0.1) is 0 Å². The van der Waals surface area contributed by atoms with Crippen molar-refractivity contribution >= 4 is 10.0 Å². The van der Waals surface area contributed by atoms with Gasteiger partial charge in [-0.1, -0.05) is 42.5 Å². The summed E-state index contributed by atoms with van der Waals surface area (Å²) < 4.78 is 32.8. The molecule has 0 N–H and O–H groups in total. The first-order valence-corrected chi connectivity index (χ1v) is 12.5. The highest BCUT2D eigenvalue weighted by atomic mass is 32.2. The van der Waals surface area contributed by atoms with Crippen molar-refractivity contribution in [3.63, 3.8) is 0 Å². The van der Waals surface area contributed by atoms with Crippen molar-refractivity contribution in [1.82, 2.24) is 9.21 Å². The van der Waals surface area contributed by atoms with E-state index < -0.39 is 10.0 Å². The SMILES string of the molecule is CN(CC1CC(Oc2ccc(CN3CCCC3)cc2)C1)S(=O)(=O)Cc1ccccc1. The van der Waals surface area contributed by atoms with E-state index in [0.717, 1.165) is 30.7 Å². The van der Waals surface area contributed by atoms with E-state index >= 15 is 0 Å². The van der Waals surface area contributed by atoms with E-state index in [0.29, 0.717) is 12.5 Å². The molecule has 1 saturated heterocycles. The molecule has 2 fully saturated rings. The minimum atomic E-state index is -3.29. The van der Waals surface area contributed by atoms with Crippen molar-refractivity contribution in [2.45, 2.75) is 44.1 Å². The Bertz CT molecular complexity index is 903. The standard InChI is InChI=1S/C24H32N2O3S/c1-25(30(27,28)19-21-7-3-2-4-8-21)17-22-15-24(16-22)29-23-11-9-20(10-12-23)18-26-13-5-6-14-26/h2-4,7-12,22,24H,5-6,13-19H2,1H3. The van der Waals surface area contributed by atoms with Crippen molar-refractivity contribution in [3.8, 4) is 5.75 Å². The van der Waals surface area contributed by atoms with Crippen LogP contribution in [0.15, 0.2) is 54.6 Å². The summed E-state index contributed by atoms with van der Waals surface area (Å²) in [5.74, 6) is 1.33. The molecular formula is C24H32N2O3S. The van der Waals surface area contributed by atoms with Gasteiger partial charge in [0.25, 0.3) is 0 Å². The summed E-state index contributed by atoms with van der Waals surface area (Å²) in [7, 11) is -1.60. The van der Waals surface area contributed by atoms with Crippen molar-refractivity contribution < 1.29 is 13.2 Å². The van der Waals surface area contributed by atoms with E-state index in [1.165, 1.54) is 35.8 Å². The maximum absolute atomic E-state index is 12.6. The number of ether oxygens (including phenoxy) is 1. The fourth-order valence-corrected chi connectivity index (χ4v) is 5.63. The van der Waals surface area contributed by atoms with E-state index in [9.17, 15) is 8.42 Å². The molecule has 2 aliphatic rings. The van der Waals surface area contributed by atoms with E-state index in [1.54, 1.807) is 7.05 Å². The first kappa shape index (κ1) is 21.3. The van der Waals surface area contributed by atoms with Crippen LogP contribution in [0.3, 0.4) is 0 Å². The molecule has 4 rings (SSSR count). The molecule has 1 aliphatic carbocycles. The molecule has 5 nitrogen and oxygen atoms in total. The van der Waals surface area contributed by atoms with Crippen molar-refractivity contribution in [2.24, 2.45) is 5.92 Å². The lowest BCUT2D eigenvalue weighted by atomic mass is 9.82. The molecule has 0 aromatic heterocycles. The van der Waals surface area contributed by atoms with Gasteiger partial charge < -0.3 is 4.74 Å². The molecule has 6 heteroatoms. The zero-order valence-corrected chi connectivity index (χ0v) is 18.6. The number of likely N-dealkylation sites (tertiary alicyclic amines) is 1. The third-order valence-electron chi connectivity index (χ3n) is 6.21. The van der Waals surface area contributed by atoms with Crippen LogP contribution in [-0.2, 0) is 22.3 Å². The highest BCUT2D eigenvalue weighted by Gasteiger charge is 2.33. The number of benzene rings is 2. The summed E-state index contributed by atoms with van der Waals surface area (Å²) in [6.45, 7) is 3.99. The summed E-state index contributed by atoms with van der Waals surface area (Å²) in [5, 5.41) is 0. The summed E-state index contributed by atoms with van der Waals surface area (Å²) in [4.78, 5) is 2.49. The number of rotatable bonds is 9. The first-order valence-electron chi connectivity index (χ1n) is 10.9. The van der Waals surface area contributed by atoms with Crippen LogP contribution in [-0.4, -0.2) is 50.4 Å². The minimum Gasteiger partial charge on any atom is -0.490 e. The van der Waals surface area contributed by atoms with Gasteiger partial charge in [0.05, 0.1) is 11.9 Å². The van der Waals surface area contributed by atoms with Crippen molar-refractivity contribution in [1.29, 1.82) is 0 Å². The van der Waals surface area contributed by atoms with Gasteiger partial charge in [-0.3, -0.25) is 4.90 Å². The Kier molecular flexibility index (Phi) is 6.76. The molecule has 1 saturated carbocycles. The quantitative estimate of drug-likeness (QED) is 0.608. The first-order chi connectivity index (χ1) is 14.5. The second kappa shape index (κ2) is 9.50. The highest BCUT2D eigenvalue weighted by Crippen LogP contribution is 2.32. The second-order valence-corrected chi connectivity index (χ2v) is 10.8. The Labute approximate surface area is 180 Å². The van der Waals surface area contributed by atoms with Gasteiger partial charge in [-0.05, 0) is 68.0 Å². The third-order valence-corrected chi connectivity index (χ3v) is 8.00. The van der Waals surface area contributed by atoms with Crippen LogP contribution < -0.4 is 4.74 Å². The molecule has 0 spiro atoms. The van der Waals surface area contributed by atoms with E-state index in [4.69, 9.17) is 4.74 Å². The lowest BCUT2D eigenvalue weighted by Gasteiger charge is -2.37. The van der Waals surface area contributed by atoms with E-state index in [1.807, 2.05) is 30.3 Å². The van der Waals surface area contributed by atoms with Crippen LogP contribution in [0.2, 0.25) is 0 Å². The zero-order chi connectivity index (χ0) is 21.0. The number of sulfonamides is 1. The molecule has 0 amide bonds. The molecule has 1 aliphatic heterocycles.